The van der Waals surface area contributed by atoms with Crippen molar-refractivity contribution in [3.8, 4) is 0 Å². The summed E-state index contributed by atoms with van der Waals surface area (Å²) in [5.74, 6) is 1.08. The Kier molecular flexibility index (Phi) is 8.12. The molecule has 0 radical (unpaired) electrons. The normalized spacial score (nSPS) is 12.9. The number of halogens is 1. The van der Waals surface area contributed by atoms with E-state index in [0.717, 1.165) is 18.7 Å². The molecule has 0 saturated heterocycles. The third kappa shape index (κ3) is 7.38. The number of hydrogen-bond donors (Lipinski definition) is 1. The van der Waals surface area contributed by atoms with E-state index in [1.807, 2.05) is 12.1 Å². The zero-order valence-electron chi connectivity index (χ0n) is 15.0. The maximum absolute atomic E-state index is 13.9. The SMILES string of the molecule is CC(C)CCN(Cc1ccccc1F)CC(O)COCc1ccco1. The summed E-state index contributed by atoms with van der Waals surface area (Å²) in [6, 6.07) is 10.4. The van der Waals surface area contributed by atoms with Gasteiger partial charge in [0.05, 0.1) is 19.0 Å². The van der Waals surface area contributed by atoms with Gasteiger partial charge < -0.3 is 14.3 Å². The van der Waals surface area contributed by atoms with Crippen molar-refractivity contribution in [2.24, 2.45) is 5.92 Å². The van der Waals surface area contributed by atoms with E-state index >= 15 is 0 Å². The van der Waals surface area contributed by atoms with Gasteiger partial charge in [-0.2, -0.15) is 0 Å². The van der Waals surface area contributed by atoms with Crippen LogP contribution in [-0.4, -0.2) is 35.8 Å². The van der Waals surface area contributed by atoms with Crippen LogP contribution in [0.1, 0.15) is 31.6 Å². The summed E-state index contributed by atoms with van der Waals surface area (Å²) in [4.78, 5) is 2.08. The number of ether oxygens (including phenoxy) is 1. The second-order valence-corrected chi connectivity index (χ2v) is 6.76. The Bertz CT molecular complexity index is 601. The van der Waals surface area contributed by atoms with E-state index in [1.165, 1.54) is 6.07 Å². The molecule has 1 aromatic heterocycles. The van der Waals surface area contributed by atoms with Gasteiger partial charge in [-0.25, -0.2) is 4.39 Å². The maximum atomic E-state index is 13.9. The summed E-state index contributed by atoms with van der Waals surface area (Å²) < 4.78 is 24.6. The van der Waals surface area contributed by atoms with Crippen molar-refractivity contribution < 1.29 is 18.7 Å². The molecule has 2 rings (SSSR count). The average molecular weight is 349 g/mol. The van der Waals surface area contributed by atoms with E-state index < -0.39 is 6.10 Å². The minimum Gasteiger partial charge on any atom is -0.467 e. The Hall–Kier alpha value is -1.69. The predicted molar refractivity (Wildman–Crippen MR) is 95.5 cm³/mol. The van der Waals surface area contributed by atoms with Crippen LogP contribution in [0.4, 0.5) is 4.39 Å². The van der Waals surface area contributed by atoms with Gasteiger partial charge in [-0.3, -0.25) is 4.90 Å². The summed E-state index contributed by atoms with van der Waals surface area (Å²) >= 11 is 0. The fraction of sp³-hybridized carbons (Fsp3) is 0.500. The Morgan fingerprint density at radius 1 is 1.20 bits per heavy atom. The molecule has 0 bridgehead atoms. The molecule has 0 amide bonds. The molecular formula is C20H28FNO3. The van der Waals surface area contributed by atoms with Gasteiger partial charge in [0.2, 0.25) is 0 Å². The number of aliphatic hydroxyl groups is 1. The topological polar surface area (TPSA) is 45.8 Å². The Labute approximate surface area is 149 Å². The molecule has 0 aliphatic rings. The molecule has 1 atom stereocenters. The molecule has 1 aromatic carbocycles. The molecule has 0 saturated carbocycles. The Balaban J connectivity index is 1.84. The zero-order chi connectivity index (χ0) is 18.1. The zero-order valence-corrected chi connectivity index (χ0v) is 15.0. The highest BCUT2D eigenvalue weighted by atomic mass is 19.1. The molecule has 2 aromatic rings. The molecular weight excluding hydrogens is 321 g/mol. The van der Waals surface area contributed by atoms with Crippen LogP contribution < -0.4 is 0 Å². The summed E-state index contributed by atoms with van der Waals surface area (Å²) in [7, 11) is 0. The van der Waals surface area contributed by atoms with Crippen LogP contribution in [-0.2, 0) is 17.9 Å². The van der Waals surface area contributed by atoms with E-state index in [1.54, 1.807) is 24.5 Å². The largest absolute Gasteiger partial charge is 0.467 e. The van der Waals surface area contributed by atoms with Gasteiger partial charge in [0.1, 0.15) is 18.2 Å². The van der Waals surface area contributed by atoms with Gasteiger partial charge in [0.25, 0.3) is 0 Å². The van der Waals surface area contributed by atoms with Gasteiger partial charge in [0.15, 0.2) is 0 Å². The monoisotopic (exact) mass is 349 g/mol. The van der Waals surface area contributed by atoms with Gasteiger partial charge in [-0.05, 0) is 37.1 Å². The Morgan fingerprint density at radius 3 is 2.68 bits per heavy atom. The summed E-state index contributed by atoms with van der Waals surface area (Å²) in [6.07, 6.45) is 1.96. The second-order valence-electron chi connectivity index (χ2n) is 6.76. The van der Waals surface area contributed by atoms with Crippen molar-refractivity contribution in [3.05, 3.63) is 59.8 Å². The van der Waals surface area contributed by atoms with Crippen molar-refractivity contribution in [3.63, 3.8) is 0 Å². The third-order valence-electron chi connectivity index (χ3n) is 3.98. The van der Waals surface area contributed by atoms with E-state index in [2.05, 4.69) is 18.7 Å². The molecule has 138 valence electrons. The third-order valence-corrected chi connectivity index (χ3v) is 3.98. The van der Waals surface area contributed by atoms with E-state index in [0.29, 0.717) is 31.2 Å². The van der Waals surface area contributed by atoms with Crippen LogP contribution >= 0.6 is 0 Å². The molecule has 4 nitrogen and oxygen atoms in total. The van der Waals surface area contributed by atoms with Crippen LogP contribution in [0, 0.1) is 11.7 Å². The highest BCUT2D eigenvalue weighted by Crippen LogP contribution is 2.12. The lowest BCUT2D eigenvalue weighted by molar-refractivity contribution is 0.00312. The first kappa shape index (κ1) is 19.6. The summed E-state index contributed by atoms with van der Waals surface area (Å²) in [5, 5.41) is 10.3. The van der Waals surface area contributed by atoms with Crippen molar-refractivity contribution in [2.45, 2.75) is 39.5 Å². The molecule has 1 N–H and O–H groups in total. The molecule has 0 fully saturated rings. The molecule has 1 unspecified atom stereocenters. The van der Waals surface area contributed by atoms with Crippen molar-refractivity contribution in [2.75, 3.05) is 19.7 Å². The van der Waals surface area contributed by atoms with Crippen LogP contribution in [0.15, 0.2) is 47.1 Å². The molecule has 0 aliphatic heterocycles. The first-order valence-electron chi connectivity index (χ1n) is 8.78. The van der Waals surface area contributed by atoms with E-state index in [9.17, 15) is 9.50 Å². The first-order valence-corrected chi connectivity index (χ1v) is 8.78. The lowest BCUT2D eigenvalue weighted by Gasteiger charge is -2.26. The molecule has 25 heavy (non-hydrogen) atoms. The van der Waals surface area contributed by atoms with Crippen molar-refractivity contribution >= 4 is 0 Å². The minimum absolute atomic E-state index is 0.208. The van der Waals surface area contributed by atoms with Gasteiger partial charge in [-0.1, -0.05) is 32.0 Å². The minimum atomic E-state index is -0.631. The molecule has 0 spiro atoms. The highest BCUT2D eigenvalue weighted by molar-refractivity contribution is 5.17. The number of rotatable bonds is 11. The maximum Gasteiger partial charge on any atom is 0.129 e. The van der Waals surface area contributed by atoms with Crippen molar-refractivity contribution in [1.82, 2.24) is 4.90 Å². The molecule has 0 aliphatic carbocycles. The molecule has 5 heteroatoms. The van der Waals surface area contributed by atoms with Crippen LogP contribution in [0.3, 0.4) is 0 Å². The van der Waals surface area contributed by atoms with Crippen molar-refractivity contribution in [1.29, 1.82) is 0 Å². The van der Waals surface area contributed by atoms with Crippen LogP contribution in [0.25, 0.3) is 0 Å². The summed E-state index contributed by atoms with van der Waals surface area (Å²) in [6.45, 7) is 6.60. The quantitative estimate of drug-likeness (QED) is 0.669. The number of nitrogens with zero attached hydrogens (tertiary/aromatic N) is 1. The highest BCUT2D eigenvalue weighted by Gasteiger charge is 2.15. The Morgan fingerprint density at radius 2 is 2.00 bits per heavy atom. The van der Waals surface area contributed by atoms with Gasteiger partial charge >= 0.3 is 0 Å². The smallest absolute Gasteiger partial charge is 0.129 e. The summed E-state index contributed by atoms with van der Waals surface area (Å²) in [5.41, 5.74) is 0.648. The first-order chi connectivity index (χ1) is 12.0. The van der Waals surface area contributed by atoms with Crippen LogP contribution in [0.2, 0.25) is 0 Å². The van der Waals surface area contributed by atoms with Crippen LogP contribution in [0.5, 0.6) is 0 Å². The standard InChI is InChI=1S/C20H28FNO3/c1-16(2)9-10-22(12-17-6-3-4-8-20(17)21)13-18(23)14-24-15-19-7-5-11-25-19/h3-8,11,16,18,23H,9-10,12-15H2,1-2H3. The van der Waals surface area contributed by atoms with Gasteiger partial charge in [-0.15, -0.1) is 0 Å². The van der Waals surface area contributed by atoms with Gasteiger partial charge in [0, 0.05) is 18.7 Å². The average Bonchev–Trinajstić information content (AvgIpc) is 3.08. The lowest BCUT2D eigenvalue weighted by Crippen LogP contribution is -2.35. The second kappa shape index (κ2) is 10.3. The van der Waals surface area contributed by atoms with E-state index in [4.69, 9.17) is 9.15 Å². The fourth-order valence-corrected chi connectivity index (χ4v) is 2.58. The predicted octanol–water partition coefficient (Wildman–Crippen LogP) is 3.84. The fourth-order valence-electron chi connectivity index (χ4n) is 2.58. The molecule has 1 heterocycles. The lowest BCUT2D eigenvalue weighted by atomic mass is 10.1. The van der Waals surface area contributed by atoms with E-state index in [-0.39, 0.29) is 12.4 Å². The number of aliphatic hydroxyl groups excluding tert-OH is 1. The number of hydrogen-bond acceptors (Lipinski definition) is 4. The number of benzene rings is 1. The number of furan rings is 1.